The zero-order valence-electron chi connectivity index (χ0n) is 21.2. The van der Waals surface area contributed by atoms with Crippen LogP contribution in [0.4, 0.5) is 17.1 Å². The minimum Gasteiger partial charge on any atom is -0.378 e. The van der Waals surface area contributed by atoms with Crippen LogP contribution in [0.1, 0.15) is 28.2 Å². The minimum absolute atomic E-state index is 0.165. The van der Waals surface area contributed by atoms with Gasteiger partial charge >= 0.3 is 0 Å². The van der Waals surface area contributed by atoms with Gasteiger partial charge in [-0.2, -0.15) is 0 Å². The monoisotopic (exact) mass is 483 g/mol. The van der Waals surface area contributed by atoms with Crippen molar-refractivity contribution in [3.63, 3.8) is 0 Å². The summed E-state index contributed by atoms with van der Waals surface area (Å²) in [7, 11) is 10.4. The molecule has 0 unspecified atom stereocenters. The molecule has 0 amide bonds. The lowest BCUT2D eigenvalue weighted by molar-refractivity contribution is 0.918. The summed E-state index contributed by atoms with van der Waals surface area (Å²) in [6, 6.07) is 34.8. The maximum absolute atomic E-state index is 6.04. The topological polar surface area (TPSA) is 9.72 Å². The second-order valence-corrected chi connectivity index (χ2v) is 9.92. The third kappa shape index (κ3) is 5.98. The van der Waals surface area contributed by atoms with Gasteiger partial charge in [0.1, 0.15) is 0 Å². The van der Waals surface area contributed by atoms with E-state index in [-0.39, 0.29) is 5.92 Å². The summed E-state index contributed by atoms with van der Waals surface area (Å²) >= 11 is 6.04. The van der Waals surface area contributed by atoms with Crippen LogP contribution in [-0.2, 0) is 6.54 Å². The molecule has 4 rings (SSSR count). The molecule has 0 aliphatic carbocycles. The third-order valence-electron chi connectivity index (χ3n) is 6.49. The quantitative estimate of drug-likeness (QED) is 0.244. The Kier molecular flexibility index (Phi) is 7.67. The maximum atomic E-state index is 6.04. The second-order valence-electron chi connectivity index (χ2n) is 9.48. The molecule has 35 heavy (non-hydrogen) atoms. The molecule has 0 aliphatic heterocycles. The number of halogens is 1. The summed E-state index contributed by atoms with van der Waals surface area (Å²) in [4.78, 5) is 6.53. The predicted octanol–water partition coefficient (Wildman–Crippen LogP) is 7.29. The van der Waals surface area contributed by atoms with Crippen molar-refractivity contribution in [1.29, 1.82) is 0 Å². The van der Waals surface area contributed by atoms with Crippen LogP contribution in [0.3, 0.4) is 0 Å². The highest BCUT2D eigenvalue weighted by Gasteiger charge is 2.18. The van der Waals surface area contributed by atoms with Crippen molar-refractivity contribution in [1.82, 2.24) is 0 Å². The van der Waals surface area contributed by atoms with E-state index in [0.29, 0.717) is 0 Å². The molecule has 0 fully saturated rings. The Balaban J connectivity index is 1.64. The molecule has 0 atom stereocenters. The molecule has 0 saturated carbocycles. The van der Waals surface area contributed by atoms with Crippen LogP contribution in [0.25, 0.3) is 0 Å². The summed E-state index contributed by atoms with van der Waals surface area (Å²) < 4.78 is 0. The first-order valence-corrected chi connectivity index (χ1v) is 12.3. The molecule has 0 saturated heterocycles. The van der Waals surface area contributed by atoms with Crippen LogP contribution < -0.4 is 14.7 Å². The second kappa shape index (κ2) is 10.9. The Morgan fingerprint density at radius 3 is 1.26 bits per heavy atom. The van der Waals surface area contributed by atoms with Gasteiger partial charge in [0.15, 0.2) is 0 Å². The fourth-order valence-corrected chi connectivity index (χ4v) is 4.51. The molecule has 0 aliphatic rings. The average molecular weight is 484 g/mol. The van der Waals surface area contributed by atoms with Crippen molar-refractivity contribution in [2.24, 2.45) is 0 Å². The summed E-state index contributed by atoms with van der Waals surface area (Å²) in [6.07, 6.45) is 0. The fourth-order valence-electron chi connectivity index (χ4n) is 4.38. The largest absolute Gasteiger partial charge is 0.378 e. The molecule has 3 nitrogen and oxygen atoms in total. The highest BCUT2D eigenvalue weighted by molar-refractivity contribution is 6.30. The van der Waals surface area contributed by atoms with Crippen LogP contribution in [0, 0.1) is 0 Å². The van der Waals surface area contributed by atoms with Crippen molar-refractivity contribution in [2.75, 3.05) is 49.9 Å². The molecule has 4 aromatic carbocycles. The van der Waals surface area contributed by atoms with Gasteiger partial charge in [0, 0.05) is 69.8 Å². The SMILES string of the molecule is CN(C)c1ccc(C(c2ccc(N(C)C)cc2)c2ccc(N(C)Cc3ccc(Cl)cc3)cc2)cc1. The van der Waals surface area contributed by atoms with E-state index in [1.54, 1.807) is 0 Å². The van der Waals surface area contributed by atoms with Gasteiger partial charge in [0.2, 0.25) is 0 Å². The molecule has 4 heteroatoms. The van der Waals surface area contributed by atoms with E-state index in [0.717, 1.165) is 11.6 Å². The minimum atomic E-state index is 0.165. The molecule has 0 bridgehead atoms. The van der Waals surface area contributed by atoms with Gasteiger partial charge in [0.05, 0.1) is 0 Å². The zero-order valence-corrected chi connectivity index (χ0v) is 22.0. The molecule has 0 aromatic heterocycles. The third-order valence-corrected chi connectivity index (χ3v) is 6.74. The zero-order chi connectivity index (χ0) is 24.9. The lowest BCUT2D eigenvalue weighted by Crippen LogP contribution is -2.16. The molecule has 0 spiro atoms. The van der Waals surface area contributed by atoms with Crippen LogP contribution in [0.5, 0.6) is 0 Å². The Morgan fingerprint density at radius 2 is 0.886 bits per heavy atom. The normalized spacial score (nSPS) is 10.9. The lowest BCUT2D eigenvalue weighted by Gasteiger charge is -2.23. The first-order valence-electron chi connectivity index (χ1n) is 11.9. The van der Waals surface area contributed by atoms with E-state index < -0.39 is 0 Å². The summed E-state index contributed by atoms with van der Waals surface area (Å²) in [5.41, 5.74) is 8.69. The van der Waals surface area contributed by atoms with E-state index in [4.69, 9.17) is 11.6 Å². The first kappa shape index (κ1) is 24.7. The van der Waals surface area contributed by atoms with Gasteiger partial charge in [-0.3, -0.25) is 0 Å². The van der Waals surface area contributed by atoms with Crippen LogP contribution in [-0.4, -0.2) is 35.2 Å². The van der Waals surface area contributed by atoms with Crippen molar-refractivity contribution < 1.29 is 0 Å². The number of hydrogen-bond donors (Lipinski definition) is 0. The highest BCUT2D eigenvalue weighted by Crippen LogP contribution is 2.34. The van der Waals surface area contributed by atoms with Gasteiger partial charge < -0.3 is 14.7 Å². The van der Waals surface area contributed by atoms with E-state index in [1.807, 2.05) is 12.1 Å². The number of rotatable bonds is 8. The fraction of sp³-hybridized carbons (Fsp3) is 0.226. The van der Waals surface area contributed by atoms with Crippen LogP contribution in [0.15, 0.2) is 97.1 Å². The highest BCUT2D eigenvalue weighted by atomic mass is 35.5. The number of hydrogen-bond acceptors (Lipinski definition) is 3. The number of anilines is 3. The summed E-state index contributed by atoms with van der Waals surface area (Å²) in [5.74, 6) is 0.165. The predicted molar refractivity (Wildman–Crippen MR) is 152 cm³/mol. The van der Waals surface area contributed by atoms with E-state index in [9.17, 15) is 0 Å². The summed E-state index contributed by atoms with van der Waals surface area (Å²) in [5, 5.41) is 0.768. The van der Waals surface area contributed by atoms with Gasteiger partial charge in [-0.25, -0.2) is 0 Å². The van der Waals surface area contributed by atoms with Gasteiger partial charge in [-0.1, -0.05) is 60.1 Å². The molecule has 4 aromatic rings. The van der Waals surface area contributed by atoms with Crippen molar-refractivity contribution in [3.8, 4) is 0 Å². The molecule has 180 valence electrons. The van der Waals surface area contributed by atoms with Gasteiger partial charge in [-0.15, -0.1) is 0 Å². The van der Waals surface area contributed by atoms with Crippen molar-refractivity contribution >= 4 is 28.7 Å². The van der Waals surface area contributed by atoms with Crippen molar-refractivity contribution in [2.45, 2.75) is 12.5 Å². The Morgan fingerprint density at radius 1 is 0.514 bits per heavy atom. The van der Waals surface area contributed by atoms with Crippen LogP contribution >= 0.6 is 11.6 Å². The van der Waals surface area contributed by atoms with E-state index in [2.05, 4.69) is 135 Å². The smallest absolute Gasteiger partial charge is 0.0426 e. The van der Waals surface area contributed by atoms with Crippen molar-refractivity contribution in [3.05, 3.63) is 124 Å². The number of benzene rings is 4. The molecular formula is C31H34ClN3. The van der Waals surface area contributed by atoms with Gasteiger partial charge in [-0.05, 0) is 70.8 Å². The van der Waals surface area contributed by atoms with Crippen LogP contribution in [0.2, 0.25) is 5.02 Å². The maximum Gasteiger partial charge on any atom is 0.0426 e. The Labute approximate surface area is 215 Å². The summed E-state index contributed by atoms with van der Waals surface area (Å²) in [6.45, 7) is 0.831. The lowest BCUT2D eigenvalue weighted by atomic mass is 9.85. The first-order chi connectivity index (χ1) is 16.8. The number of nitrogens with zero attached hydrogens (tertiary/aromatic N) is 3. The van der Waals surface area contributed by atoms with Gasteiger partial charge in [0.25, 0.3) is 0 Å². The average Bonchev–Trinajstić information content (AvgIpc) is 2.86. The Hall–Kier alpha value is -3.43. The molecule has 0 radical (unpaired) electrons. The molecule has 0 N–H and O–H groups in total. The molecular weight excluding hydrogens is 450 g/mol. The van der Waals surface area contributed by atoms with E-state index in [1.165, 1.54) is 39.3 Å². The Bertz CT molecular complexity index is 1160. The molecule has 0 heterocycles. The van der Waals surface area contributed by atoms with E-state index >= 15 is 0 Å². The standard InChI is InChI=1S/C31H34ClN3/c1-33(2)28-16-8-24(9-17-28)31(25-10-18-29(19-11-25)34(3)4)26-12-20-30(21-13-26)35(5)22-23-6-14-27(32)15-7-23/h6-21,31H,22H2,1-5H3.